The van der Waals surface area contributed by atoms with Crippen molar-refractivity contribution in [2.24, 2.45) is 0 Å². The first kappa shape index (κ1) is 15.4. The van der Waals surface area contributed by atoms with Crippen LogP contribution in [0.15, 0.2) is 18.2 Å². The number of ether oxygens (including phenoxy) is 2. The van der Waals surface area contributed by atoms with E-state index in [0.717, 1.165) is 6.07 Å². The number of nitro benzene ring substituents is 1. The van der Waals surface area contributed by atoms with Crippen molar-refractivity contribution in [1.29, 1.82) is 0 Å². The van der Waals surface area contributed by atoms with Crippen LogP contribution in [-0.4, -0.2) is 42.2 Å². The summed E-state index contributed by atoms with van der Waals surface area (Å²) < 4.78 is 9.40. The number of amides is 1. The third-order valence-corrected chi connectivity index (χ3v) is 2.12. The zero-order chi connectivity index (χ0) is 15.1. The first-order chi connectivity index (χ1) is 9.43. The molecule has 108 valence electrons. The van der Waals surface area contributed by atoms with Crippen LogP contribution in [0.25, 0.3) is 0 Å². The molecule has 2 N–H and O–H groups in total. The fraction of sp³-hybridized carbons (Fsp3) is 0.273. The zero-order valence-electron chi connectivity index (χ0n) is 10.5. The molecule has 0 aliphatic carbocycles. The highest BCUT2D eigenvalue weighted by Crippen LogP contribution is 2.29. The maximum absolute atomic E-state index is 11.4. The van der Waals surface area contributed by atoms with Gasteiger partial charge in [-0.25, -0.2) is 4.79 Å². The van der Waals surface area contributed by atoms with Crippen LogP contribution in [0, 0.1) is 10.1 Å². The van der Waals surface area contributed by atoms with Crippen LogP contribution in [0.5, 0.6) is 5.75 Å². The Bertz CT molecular complexity index is 530. The number of anilines is 1. The summed E-state index contributed by atoms with van der Waals surface area (Å²) in [6, 6.07) is 3.89. The van der Waals surface area contributed by atoms with E-state index in [1.165, 1.54) is 19.2 Å². The van der Waals surface area contributed by atoms with Crippen molar-refractivity contribution in [1.82, 2.24) is 0 Å². The Morgan fingerprint density at radius 3 is 2.65 bits per heavy atom. The lowest BCUT2D eigenvalue weighted by Gasteiger charge is -2.07. The Labute approximate surface area is 113 Å². The monoisotopic (exact) mass is 284 g/mol. The van der Waals surface area contributed by atoms with Crippen molar-refractivity contribution in [2.75, 3.05) is 25.6 Å². The predicted molar refractivity (Wildman–Crippen MR) is 66.7 cm³/mol. The third kappa shape index (κ3) is 4.53. The van der Waals surface area contributed by atoms with Crippen LogP contribution in [-0.2, 0) is 14.3 Å². The van der Waals surface area contributed by atoms with Gasteiger partial charge in [0, 0.05) is 11.8 Å². The molecule has 0 aromatic heterocycles. The van der Waals surface area contributed by atoms with Crippen molar-refractivity contribution in [2.45, 2.75) is 0 Å². The third-order valence-electron chi connectivity index (χ3n) is 2.12. The number of nitro groups is 1. The van der Waals surface area contributed by atoms with E-state index in [-0.39, 0.29) is 17.1 Å². The fourth-order valence-corrected chi connectivity index (χ4v) is 1.34. The van der Waals surface area contributed by atoms with Gasteiger partial charge in [-0.1, -0.05) is 0 Å². The lowest BCUT2D eigenvalue weighted by atomic mass is 10.2. The maximum atomic E-state index is 11.4. The molecule has 0 radical (unpaired) electrons. The number of carboxylic acids is 1. The maximum Gasteiger partial charge on any atom is 0.329 e. The number of aliphatic carboxylic acids is 1. The van der Waals surface area contributed by atoms with E-state index >= 15 is 0 Å². The minimum absolute atomic E-state index is 0.0649. The summed E-state index contributed by atoms with van der Waals surface area (Å²) in [6.07, 6.45) is 0. The molecule has 0 aliphatic heterocycles. The first-order valence-corrected chi connectivity index (χ1v) is 5.36. The first-order valence-electron chi connectivity index (χ1n) is 5.36. The molecule has 0 aliphatic rings. The van der Waals surface area contributed by atoms with E-state index < -0.39 is 30.0 Å². The van der Waals surface area contributed by atoms with E-state index in [0.29, 0.717) is 0 Å². The number of nitrogens with zero attached hydrogens (tertiary/aromatic N) is 1. The minimum atomic E-state index is -1.20. The van der Waals surface area contributed by atoms with Crippen LogP contribution < -0.4 is 10.1 Å². The van der Waals surface area contributed by atoms with Gasteiger partial charge in [0.1, 0.15) is 13.2 Å². The summed E-state index contributed by atoms with van der Waals surface area (Å²) >= 11 is 0. The van der Waals surface area contributed by atoms with Crippen molar-refractivity contribution in [3.8, 4) is 5.75 Å². The molecule has 1 aromatic carbocycles. The standard InChI is InChI=1S/C11H12N2O7/c1-19-9-3-2-7(4-8(9)13(17)18)12-10(14)5-20-6-11(15)16/h2-4H,5-6H2,1H3,(H,12,14)(H,15,16). The summed E-state index contributed by atoms with van der Waals surface area (Å²) in [6.45, 7) is -1.07. The van der Waals surface area contributed by atoms with Crippen molar-refractivity contribution in [3.05, 3.63) is 28.3 Å². The molecule has 0 saturated carbocycles. The smallest absolute Gasteiger partial charge is 0.329 e. The molecule has 0 unspecified atom stereocenters. The highest BCUT2D eigenvalue weighted by Gasteiger charge is 2.16. The van der Waals surface area contributed by atoms with Gasteiger partial charge in [0.25, 0.3) is 0 Å². The van der Waals surface area contributed by atoms with Crippen molar-refractivity contribution < 1.29 is 29.1 Å². The average Bonchev–Trinajstić information content (AvgIpc) is 2.38. The molecule has 0 fully saturated rings. The molecule has 9 nitrogen and oxygen atoms in total. The fourth-order valence-electron chi connectivity index (χ4n) is 1.34. The summed E-state index contributed by atoms with van der Waals surface area (Å²) in [5, 5.41) is 21.5. The summed E-state index contributed by atoms with van der Waals surface area (Å²) in [7, 11) is 1.29. The molecule has 0 heterocycles. The second-order valence-corrected chi connectivity index (χ2v) is 3.58. The Balaban J connectivity index is 2.68. The summed E-state index contributed by atoms with van der Waals surface area (Å²) in [4.78, 5) is 31.7. The number of methoxy groups -OCH3 is 1. The second kappa shape index (κ2) is 7.04. The van der Waals surface area contributed by atoms with E-state index in [1.807, 2.05) is 0 Å². The molecular weight excluding hydrogens is 272 g/mol. The van der Waals surface area contributed by atoms with Gasteiger partial charge in [-0.3, -0.25) is 14.9 Å². The number of benzene rings is 1. The Hall–Kier alpha value is -2.68. The number of carboxylic acid groups (broad SMARTS) is 1. The molecular formula is C11H12N2O7. The van der Waals surface area contributed by atoms with Gasteiger partial charge in [0.2, 0.25) is 5.91 Å². The van der Waals surface area contributed by atoms with Crippen LogP contribution in [0.3, 0.4) is 0 Å². The molecule has 0 saturated heterocycles. The van der Waals surface area contributed by atoms with Gasteiger partial charge in [0.05, 0.1) is 12.0 Å². The highest BCUT2D eigenvalue weighted by atomic mass is 16.6. The molecule has 1 rings (SSSR count). The van der Waals surface area contributed by atoms with Crippen molar-refractivity contribution in [3.63, 3.8) is 0 Å². The predicted octanol–water partition coefficient (Wildman–Crippen LogP) is 0.643. The highest BCUT2D eigenvalue weighted by molar-refractivity contribution is 5.92. The van der Waals surface area contributed by atoms with Crippen molar-refractivity contribution >= 4 is 23.3 Å². The molecule has 20 heavy (non-hydrogen) atoms. The molecule has 0 atom stereocenters. The normalized spacial score (nSPS) is 9.85. The number of carbonyl (C=O) groups excluding carboxylic acids is 1. The largest absolute Gasteiger partial charge is 0.490 e. The molecule has 1 aromatic rings. The number of hydrogen-bond acceptors (Lipinski definition) is 6. The number of hydrogen-bond donors (Lipinski definition) is 2. The van der Waals surface area contributed by atoms with Gasteiger partial charge in [0.15, 0.2) is 5.75 Å². The van der Waals surface area contributed by atoms with E-state index in [1.54, 1.807) is 0 Å². The lowest BCUT2D eigenvalue weighted by molar-refractivity contribution is -0.385. The van der Waals surface area contributed by atoms with Gasteiger partial charge in [-0.05, 0) is 12.1 Å². The van der Waals surface area contributed by atoms with Crippen LogP contribution in [0.2, 0.25) is 0 Å². The number of nitrogens with one attached hydrogen (secondary N) is 1. The van der Waals surface area contributed by atoms with Gasteiger partial charge >= 0.3 is 11.7 Å². The van der Waals surface area contributed by atoms with E-state index in [2.05, 4.69) is 10.1 Å². The van der Waals surface area contributed by atoms with Crippen LogP contribution in [0.4, 0.5) is 11.4 Å². The Morgan fingerprint density at radius 1 is 1.40 bits per heavy atom. The number of carbonyl (C=O) groups is 2. The molecule has 0 spiro atoms. The van der Waals surface area contributed by atoms with Gasteiger partial charge < -0.3 is 19.9 Å². The molecule has 9 heteroatoms. The summed E-state index contributed by atoms with van der Waals surface area (Å²) in [5.41, 5.74) is -0.113. The van der Waals surface area contributed by atoms with E-state index in [4.69, 9.17) is 9.84 Å². The van der Waals surface area contributed by atoms with Crippen LogP contribution >= 0.6 is 0 Å². The van der Waals surface area contributed by atoms with Gasteiger partial charge in [-0.15, -0.1) is 0 Å². The van der Waals surface area contributed by atoms with Crippen LogP contribution in [0.1, 0.15) is 0 Å². The van der Waals surface area contributed by atoms with E-state index in [9.17, 15) is 19.7 Å². The minimum Gasteiger partial charge on any atom is -0.490 e. The average molecular weight is 284 g/mol. The Morgan fingerprint density at radius 2 is 2.10 bits per heavy atom. The second-order valence-electron chi connectivity index (χ2n) is 3.58. The topological polar surface area (TPSA) is 128 Å². The molecule has 0 bridgehead atoms. The summed E-state index contributed by atoms with van der Waals surface area (Å²) in [5.74, 6) is -1.75. The Kier molecular flexibility index (Phi) is 5.42. The molecule has 1 amide bonds. The SMILES string of the molecule is COc1ccc(NC(=O)COCC(=O)O)cc1[N+](=O)[O-]. The van der Waals surface area contributed by atoms with Gasteiger partial charge in [-0.2, -0.15) is 0 Å². The zero-order valence-corrected chi connectivity index (χ0v) is 10.5. The lowest BCUT2D eigenvalue weighted by Crippen LogP contribution is -2.20. The number of rotatable bonds is 7. The quantitative estimate of drug-likeness (QED) is 0.555.